The molecule has 1 saturated carbocycles. The first-order valence-electron chi connectivity index (χ1n) is 9.41. The summed E-state index contributed by atoms with van der Waals surface area (Å²) in [5.74, 6) is 0.345. The first-order chi connectivity index (χ1) is 12.6. The molecule has 2 aliphatic carbocycles. The molecule has 136 valence electrons. The van der Waals surface area contributed by atoms with Crippen molar-refractivity contribution in [2.75, 3.05) is 6.61 Å². The minimum absolute atomic E-state index is 0.0323. The average Bonchev–Trinajstić information content (AvgIpc) is 3.14. The number of carbonyl (C=O) groups excluding carboxylic acids is 2. The smallest absolute Gasteiger partial charge is 0.338 e. The Labute approximate surface area is 153 Å². The second-order valence-electron chi connectivity index (χ2n) is 7.44. The third kappa shape index (κ3) is 2.41. The number of fused-ring (bicyclic) bond motifs is 3. The summed E-state index contributed by atoms with van der Waals surface area (Å²) in [7, 11) is 0. The maximum absolute atomic E-state index is 12.4. The first-order valence-corrected chi connectivity index (χ1v) is 9.41. The zero-order valence-corrected chi connectivity index (χ0v) is 15.2. The van der Waals surface area contributed by atoms with Crippen molar-refractivity contribution in [2.24, 2.45) is 11.8 Å². The Balaban J connectivity index is 1.81. The number of aromatic nitrogens is 2. The van der Waals surface area contributed by atoms with Crippen molar-refractivity contribution in [1.82, 2.24) is 10.2 Å². The van der Waals surface area contributed by atoms with Crippen LogP contribution in [0.2, 0.25) is 0 Å². The molecule has 3 atom stereocenters. The van der Waals surface area contributed by atoms with Crippen LogP contribution in [0.1, 0.15) is 60.3 Å². The van der Waals surface area contributed by atoms with Crippen molar-refractivity contribution in [3.63, 3.8) is 0 Å². The number of hydrogen-bond acceptors (Lipinski definition) is 4. The van der Waals surface area contributed by atoms with Gasteiger partial charge in [0.1, 0.15) is 5.78 Å². The van der Waals surface area contributed by atoms with Gasteiger partial charge in [0.15, 0.2) is 0 Å². The number of H-pyrrole nitrogens is 1. The lowest BCUT2D eigenvalue weighted by molar-refractivity contribution is -0.128. The molecule has 5 heteroatoms. The van der Waals surface area contributed by atoms with Crippen LogP contribution in [0.5, 0.6) is 0 Å². The molecule has 1 fully saturated rings. The number of aryl methyl sites for hydroxylation is 1. The van der Waals surface area contributed by atoms with Gasteiger partial charge in [-0.3, -0.25) is 9.89 Å². The first kappa shape index (κ1) is 17.0. The van der Waals surface area contributed by atoms with E-state index in [0.29, 0.717) is 24.4 Å². The topological polar surface area (TPSA) is 72.1 Å². The number of hydrogen-bond donors (Lipinski definition) is 1. The van der Waals surface area contributed by atoms with E-state index in [1.165, 1.54) is 5.56 Å². The van der Waals surface area contributed by atoms with Crippen LogP contribution in [-0.4, -0.2) is 28.6 Å². The van der Waals surface area contributed by atoms with Gasteiger partial charge in [0.05, 0.1) is 18.4 Å². The Bertz CT molecular complexity index is 839. The number of carbonyl (C=O) groups is 2. The molecule has 0 amide bonds. The summed E-state index contributed by atoms with van der Waals surface area (Å²) in [4.78, 5) is 24.4. The van der Waals surface area contributed by atoms with Crippen LogP contribution in [0.4, 0.5) is 0 Å². The Hall–Kier alpha value is -2.43. The van der Waals surface area contributed by atoms with Crippen LogP contribution in [0.25, 0.3) is 0 Å². The van der Waals surface area contributed by atoms with E-state index >= 15 is 0 Å². The van der Waals surface area contributed by atoms with Crippen LogP contribution in [0, 0.1) is 11.8 Å². The number of nitrogens with one attached hydrogen (secondary N) is 1. The van der Waals surface area contributed by atoms with Gasteiger partial charge in [-0.05, 0) is 55.4 Å². The molecule has 4 rings (SSSR count). The predicted molar refractivity (Wildman–Crippen MR) is 97.0 cm³/mol. The molecule has 2 aliphatic rings. The molecule has 0 aliphatic heterocycles. The fourth-order valence-corrected chi connectivity index (χ4v) is 5.01. The van der Waals surface area contributed by atoms with Gasteiger partial charge in [0, 0.05) is 23.4 Å². The van der Waals surface area contributed by atoms with Crippen LogP contribution >= 0.6 is 0 Å². The van der Waals surface area contributed by atoms with Gasteiger partial charge < -0.3 is 4.74 Å². The summed E-state index contributed by atoms with van der Waals surface area (Å²) in [5.41, 5.74) is 3.88. The van der Waals surface area contributed by atoms with Gasteiger partial charge in [-0.2, -0.15) is 5.10 Å². The number of ether oxygens (including phenoxy) is 1. The molecule has 0 radical (unpaired) electrons. The Kier molecular flexibility index (Phi) is 4.17. The van der Waals surface area contributed by atoms with E-state index < -0.39 is 0 Å². The highest BCUT2D eigenvalue weighted by Crippen LogP contribution is 2.54. The van der Waals surface area contributed by atoms with Gasteiger partial charge in [0.25, 0.3) is 0 Å². The standard InChI is InChI=1S/C21H24N2O3/c1-3-26-20(25)14-4-7-16(8-5-14)21-11-10-18(24)13(2)17(21)9-6-15-12-22-23-19(15)21/h4-5,7-8,12-13,17H,3,6,9-11H2,1-2H3,(H,22,23)/t13-,17+,21-/m0/s1. The second-order valence-corrected chi connectivity index (χ2v) is 7.44. The van der Waals surface area contributed by atoms with E-state index in [2.05, 4.69) is 17.1 Å². The van der Waals surface area contributed by atoms with Gasteiger partial charge in [-0.15, -0.1) is 0 Å². The third-order valence-corrected chi connectivity index (χ3v) is 6.31. The highest BCUT2D eigenvalue weighted by Gasteiger charge is 2.52. The van der Waals surface area contributed by atoms with E-state index in [-0.39, 0.29) is 23.2 Å². The zero-order valence-electron chi connectivity index (χ0n) is 15.2. The molecule has 1 aromatic carbocycles. The molecule has 1 heterocycles. The van der Waals surface area contributed by atoms with Gasteiger partial charge in [-0.1, -0.05) is 19.1 Å². The number of esters is 1. The predicted octanol–water partition coefficient (Wildman–Crippen LogP) is 3.43. The Morgan fingerprint density at radius 3 is 2.81 bits per heavy atom. The molecule has 26 heavy (non-hydrogen) atoms. The molecular weight excluding hydrogens is 328 g/mol. The fourth-order valence-electron chi connectivity index (χ4n) is 5.01. The van der Waals surface area contributed by atoms with Crippen LogP contribution in [0.3, 0.4) is 0 Å². The molecule has 0 unspecified atom stereocenters. The molecule has 5 nitrogen and oxygen atoms in total. The minimum atomic E-state index is -0.300. The molecular formula is C21H24N2O3. The number of rotatable bonds is 3. The Morgan fingerprint density at radius 2 is 2.08 bits per heavy atom. The summed E-state index contributed by atoms with van der Waals surface area (Å²) in [6, 6.07) is 7.73. The number of Topliss-reactive ketones (excluding diaryl/α,β-unsaturated/α-hetero) is 1. The van der Waals surface area contributed by atoms with Crippen molar-refractivity contribution in [3.8, 4) is 0 Å². The van der Waals surface area contributed by atoms with E-state index in [1.807, 2.05) is 30.5 Å². The molecule has 1 N–H and O–H groups in total. The summed E-state index contributed by atoms with van der Waals surface area (Å²) < 4.78 is 5.09. The summed E-state index contributed by atoms with van der Waals surface area (Å²) >= 11 is 0. The third-order valence-electron chi connectivity index (χ3n) is 6.31. The van der Waals surface area contributed by atoms with E-state index in [9.17, 15) is 9.59 Å². The molecule has 0 saturated heterocycles. The second kappa shape index (κ2) is 6.38. The largest absolute Gasteiger partial charge is 0.462 e. The average molecular weight is 352 g/mol. The lowest BCUT2D eigenvalue weighted by Crippen LogP contribution is -2.49. The maximum atomic E-state index is 12.4. The Morgan fingerprint density at radius 1 is 1.31 bits per heavy atom. The zero-order chi connectivity index (χ0) is 18.3. The monoisotopic (exact) mass is 352 g/mol. The van der Waals surface area contributed by atoms with Crippen LogP contribution in [-0.2, 0) is 21.4 Å². The van der Waals surface area contributed by atoms with Crippen molar-refractivity contribution >= 4 is 11.8 Å². The quantitative estimate of drug-likeness (QED) is 0.859. The highest BCUT2D eigenvalue weighted by atomic mass is 16.5. The molecule has 2 aromatic rings. The fraction of sp³-hybridized carbons (Fsp3) is 0.476. The lowest BCUT2D eigenvalue weighted by Gasteiger charge is -2.49. The van der Waals surface area contributed by atoms with Crippen LogP contribution in [0.15, 0.2) is 30.5 Å². The SMILES string of the molecule is CCOC(=O)c1ccc([C@@]23CCC(=O)[C@@H](C)[C@H]2CCc2cn[nH]c23)cc1. The maximum Gasteiger partial charge on any atom is 0.338 e. The molecule has 1 aromatic heterocycles. The number of nitrogens with zero attached hydrogens (tertiary/aromatic N) is 1. The minimum Gasteiger partial charge on any atom is -0.462 e. The summed E-state index contributed by atoms with van der Waals surface area (Å²) in [5, 5.41) is 7.53. The number of aromatic amines is 1. The van der Waals surface area contributed by atoms with Gasteiger partial charge in [0.2, 0.25) is 0 Å². The van der Waals surface area contributed by atoms with Gasteiger partial charge in [-0.25, -0.2) is 4.79 Å². The van der Waals surface area contributed by atoms with E-state index in [0.717, 1.165) is 30.5 Å². The van der Waals surface area contributed by atoms with Crippen molar-refractivity contribution < 1.29 is 14.3 Å². The molecule has 0 spiro atoms. The van der Waals surface area contributed by atoms with Crippen molar-refractivity contribution in [3.05, 3.63) is 52.8 Å². The normalized spacial score (nSPS) is 27.5. The summed E-state index contributed by atoms with van der Waals surface area (Å²) in [6.45, 7) is 4.23. The van der Waals surface area contributed by atoms with Crippen molar-refractivity contribution in [2.45, 2.75) is 44.9 Å². The van der Waals surface area contributed by atoms with Crippen LogP contribution < -0.4 is 0 Å². The van der Waals surface area contributed by atoms with Gasteiger partial charge >= 0.3 is 5.97 Å². The lowest BCUT2D eigenvalue weighted by atomic mass is 9.53. The van der Waals surface area contributed by atoms with E-state index in [1.54, 1.807) is 6.92 Å². The highest BCUT2D eigenvalue weighted by molar-refractivity contribution is 5.89. The van der Waals surface area contributed by atoms with Crippen molar-refractivity contribution in [1.29, 1.82) is 0 Å². The number of benzene rings is 1. The van der Waals surface area contributed by atoms with E-state index in [4.69, 9.17) is 4.74 Å². The summed E-state index contributed by atoms with van der Waals surface area (Å²) in [6.07, 6.45) is 5.22. The number of ketones is 1. The molecule has 0 bridgehead atoms.